The normalized spacial score (nSPS) is 20.1. The number of benzene rings is 2. The van der Waals surface area contributed by atoms with Crippen molar-refractivity contribution in [3.8, 4) is 11.5 Å². The lowest BCUT2D eigenvalue weighted by molar-refractivity contribution is -0.149. The van der Waals surface area contributed by atoms with Gasteiger partial charge in [-0.15, -0.1) is 0 Å². The number of carbonyl (C=O) groups excluding carboxylic acids is 6. The fourth-order valence-corrected chi connectivity index (χ4v) is 5.54. The van der Waals surface area contributed by atoms with E-state index < -0.39 is 77.2 Å². The largest absolute Gasteiger partial charge is 0.508 e. The first-order chi connectivity index (χ1) is 24.8. The molecule has 0 unspecified atom stereocenters. The zero-order valence-corrected chi connectivity index (χ0v) is 31.3. The molecule has 0 spiro atoms. The predicted molar refractivity (Wildman–Crippen MR) is 195 cm³/mol. The molecule has 1 heterocycles. The fraction of sp³-hybridized carbons (Fsp3) is 0.487. The average molecular weight is 737 g/mol. The van der Waals surface area contributed by atoms with Gasteiger partial charge in [0.25, 0.3) is 0 Å². The van der Waals surface area contributed by atoms with Crippen LogP contribution in [0.25, 0.3) is 0 Å². The number of alkyl carbamates (subject to hydrolysis) is 1. The van der Waals surface area contributed by atoms with Crippen LogP contribution < -0.4 is 21.3 Å². The number of phenolic OH excluding ortho intramolecular Hbond substituents is 2. The molecule has 1 aliphatic heterocycles. The summed E-state index contributed by atoms with van der Waals surface area (Å²) in [7, 11) is 0. The molecule has 0 bridgehead atoms. The van der Waals surface area contributed by atoms with Crippen LogP contribution in [0.4, 0.5) is 4.79 Å². The van der Waals surface area contributed by atoms with E-state index in [9.17, 15) is 39.0 Å². The Labute approximate surface area is 310 Å². The molecule has 0 aliphatic carbocycles. The third kappa shape index (κ3) is 13.9. The lowest BCUT2D eigenvalue weighted by atomic mass is 9.92. The van der Waals surface area contributed by atoms with Gasteiger partial charge >= 0.3 is 12.1 Å². The summed E-state index contributed by atoms with van der Waals surface area (Å²) in [6.07, 6.45) is 1.62. The van der Waals surface area contributed by atoms with Crippen LogP contribution >= 0.6 is 0 Å². The van der Waals surface area contributed by atoms with Crippen molar-refractivity contribution in [2.45, 2.75) is 97.5 Å². The van der Waals surface area contributed by atoms with Crippen molar-refractivity contribution in [2.24, 2.45) is 17.8 Å². The molecule has 2 aromatic rings. The second-order valence-electron chi connectivity index (χ2n) is 14.9. The minimum absolute atomic E-state index is 0.0278. The summed E-state index contributed by atoms with van der Waals surface area (Å²) in [6, 6.07) is 7.93. The van der Waals surface area contributed by atoms with Crippen LogP contribution in [0, 0.1) is 17.8 Å². The number of hydrogen-bond donors (Lipinski definition) is 6. The van der Waals surface area contributed by atoms with E-state index in [1.807, 2.05) is 0 Å². The van der Waals surface area contributed by atoms with Crippen molar-refractivity contribution in [2.75, 3.05) is 6.61 Å². The molecule has 1 aliphatic rings. The van der Waals surface area contributed by atoms with Gasteiger partial charge in [-0.05, 0) is 74.1 Å². The van der Waals surface area contributed by atoms with Crippen molar-refractivity contribution in [3.63, 3.8) is 0 Å². The lowest BCUT2D eigenvalue weighted by Crippen LogP contribution is -2.55. The van der Waals surface area contributed by atoms with Gasteiger partial charge in [0.2, 0.25) is 17.7 Å². The second kappa shape index (κ2) is 18.9. The topological polar surface area (TPSA) is 209 Å². The van der Waals surface area contributed by atoms with E-state index in [1.54, 1.807) is 72.7 Å². The van der Waals surface area contributed by atoms with Gasteiger partial charge in [0, 0.05) is 25.2 Å². The van der Waals surface area contributed by atoms with Crippen molar-refractivity contribution in [1.82, 2.24) is 21.3 Å². The maximum Gasteiger partial charge on any atom is 0.408 e. The van der Waals surface area contributed by atoms with E-state index in [2.05, 4.69) is 21.3 Å². The summed E-state index contributed by atoms with van der Waals surface area (Å²) in [5, 5.41) is 30.1. The summed E-state index contributed by atoms with van der Waals surface area (Å²) in [5.41, 5.74) is 0.424. The summed E-state index contributed by atoms with van der Waals surface area (Å²) in [4.78, 5) is 79.9. The van der Waals surface area contributed by atoms with Crippen LogP contribution in [0.15, 0.2) is 60.7 Å². The minimum Gasteiger partial charge on any atom is -0.508 e. The van der Waals surface area contributed by atoms with Gasteiger partial charge in [-0.3, -0.25) is 19.2 Å². The van der Waals surface area contributed by atoms with E-state index in [-0.39, 0.29) is 43.3 Å². The van der Waals surface area contributed by atoms with Crippen molar-refractivity contribution in [1.29, 1.82) is 0 Å². The number of Topliss-reactive ketones (excluding diaryl/α,β-unsaturated/α-hetero) is 1. The molecule has 3 rings (SSSR count). The summed E-state index contributed by atoms with van der Waals surface area (Å²) in [5.74, 6) is -4.45. The summed E-state index contributed by atoms with van der Waals surface area (Å²) < 4.78 is 11.0. The molecule has 4 amide bonds. The van der Waals surface area contributed by atoms with Crippen LogP contribution in [-0.4, -0.2) is 82.2 Å². The van der Waals surface area contributed by atoms with E-state index in [4.69, 9.17) is 9.47 Å². The number of aromatic hydroxyl groups is 2. The van der Waals surface area contributed by atoms with Crippen molar-refractivity contribution >= 4 is 35.6 Å². The third-order valence-corrected chi connectivity index (χ3v) is 8.34. The standard InChI is InChI=1S/C39H52N4O10/c1-22(2)33(43-35(48)29(41-38(51)53-39(5,6)7)18-24-8-13-27(44)14-9-24)31(46)20-26-12-17-32(47)42-34(23(3)4)36(49)40-30(37(50)52-21-26)19-25-10-15-28(45)16-11-25/h8-17,22-23,26,29-30,33-34,44-45H,18-21H2,1-7H3,(H,40,49)(H,41,51)(H,42,47)(H,43,48)/b17-12+/t26-,29-,30-,33-,34-/m0/s1. The van der Waals surface area contributed by atoms with Gasteiger partial charge in [0.05, 0.1) is 12.6 Å². The first kappa shape index (κ1) is 42.0. The molecule has 0 fully saturated rings. The molecule has 0 saturated carbocycles. The molecule has 14 nitrogen and oxygen atoms in total. The second-order valence-corrected chi connectivity index (χ2v) is 14.9. The molecule has 53 heavy (non-hydrogen) atoms. The molecule has 0 radical (unpaired) electrons. The predicted octanol–water partition coefficient (Wildman–Crippen LogP) is 3.23. The Hall–Kier alpha value is -5.40. The van der Waals surface area contributed by atoms with Crippen LogP contribution in [0.3, 0.4) is 0 Å². The van der Waals surface area contributed by atoms with Crippen LogP contribution in [-0.2, 0) is 46.3 Å². The Bertz CT molecular complexity index is 1630. The van der Waals surface area contributed by atoms with Crippen LogP contribution in [0.2, 0.25) is 0 Å². The number of cyclic esters (lactones) is 1. The number of nitrogens with one attached hydrogen (secondary N) is 4. The van der Waals surface area contributed by atoms with E-state index in [0.29, 0.717) is 11.1 Å². The number of hydrogen-bond acceptors (Lipinski definition) is 10. The highest BCUT2D eigenvalue weighted by Crippen LogP contribution is 2.18. The summed E-state index contributed by atoms with van der Waals surface area (Å²) in [6.45, 7) is 11.7. The Balaban J connectivity index is 1.84. The van der Waals surface area contributed by atoms with Crippen molar-refractivity contribution < 1.29 is 48.5 Å². The Kier molecular flexibility index (Phi) is 15.0. The zero-order chi connectivity index (χ0) is 39.5. The fourth-order valence-electron chi connectivity index (χ4n) is 5.54. The number of esters is 1. The molecule has 0 saturated heterocycles. The zero-order valence-electron chi connectivity index (χ0n) is 31.3. The molecule has 14 heteroatoms. The minimum atomic E-state index is -1.15. The van der Waals surface area contributed by atoms with E-state index in [0.717, 1.165) is 0 Å². The number of phenols is 2. The Morgan fingerprint density at radius 1 is 0.887 bits per heavy atom. The Morgan fingerprint density at radius 2 is 1.47 bits per heavy atom. The molecule has 0 aromatic heterocycles. The highest BCUT2D eigenvalue weighted by molar-refractivity contribution is 5.95. The Morgan fingerprint density at radius 3 is 2.02 bits per heavy atom. The van der Waals surface area contributed by atoms with Gasteiger partial charge < -0.3 is 41.0 Å². The smallest absolute Gasteiger partial charge is 0.408 e. The average Bonchev–Trinajstić information content (AvgIpc) is 3.06. The van der Waals surface area contributed by atoms with Gasteiger partial charge in [-0.1, -0.05) is 58.0 Å². The van der Waals surface area contributed by atoms with E-state index in [1.165, 1.54) is 36.4 Å². The molecular formula is C39H52N4O10. The highest BCUT2D eigenvalue weighted by Gasteiger charge is 2.33. The number of carbonyl (C=O) groups is 6. The molecule has 6 N–H and O–H groups in total. The molecule has 5 atom stereocenters. The third-order valence-electron chi connectivity index (χ3n) is 8.34. The summed E-state index contributed by atoms with van der Waals surface area (Å²) >= 11 is 0. The highest BCUT2D eigenvalue weighted by atomic mass is 16.6. The van der Waals surface area contributed by atoms with Gasteiger partial charge in [0.1, 0.15) is 35.2 Å². The van der Waals surface area contributed by atoms with Gasteiger partial charge in [-0.25, -0.2) is 9.59 Å². The number of rotatable bonds is 12. The van der Waals surface area contributed by atoms with Crippen LogP contribution in [0.1, 0.15) is 66.0 Å². The molecular weight excluding hydrogens is 684 g/mol. The monoisotopic (exact) mass is 736 g/mol. The lowest BCUT2D eigenvalue weighted by Gasteiger charge is -2.28. The first-order valence-electron chi connectivity index (χ1n) is 17.7. The first-order valence-corrected chi connectivity index (χ1v) is 17.7. The number of ether oxygens (including phenoxy) is 2. The van der Waals surface area contributed by atoms with E-state index >= 15 is 0 Å². The van der Waals surface area contributed by atoms with Gasteiger partial charge in [-0.2, -0.15) is 0 Å². The maximum absolute atomic E-state index is 13.9. The number of ketones is 1. The van der Waals surface area contributed by atoms with Crippen LogP contribution in [0.5, 0.6) is 11.5 Å². The maximum atomic E-state index is 13.9. The number of amides is 4. The molecule has 2 aromatic carbocycles. The van der Waals surface area contributed by atoms with Gasteiger partial charge in [0.15, 0.2) is 5.78 Å². The SMILES string of the molecule is CC(C)[C@H](NC(=O)[C@H](Cc1ccc(O)cc1)NC(=O)OC(C)(C)C)C(=O)C[C@@H]1/C=C/C(=O)N[C@@H](C(C)C)C(=O)N[C@@H](Cc2ccc(O)cc2)C(=O)OC1. The van der Waals surface area contributed by atoms with Crippen molar-refractivity contribution in [3.05, 3.63) is 71.8 Å². The quantitative estimate of drug-likeness (QED) is 0.175. The molecule has 288 valence electrons.